The zero-order valence-electron chi connectivity index (χ0n) is 13.0. The molecule has 0 saturated heterocycles. The van der Waals surface area contributed by atoms with Crippen LogP contribution in [0.2, 0.25) is 0 Å². The van der Waals surface area contributed by atoms with Gasteiger partial charge in [-0.25, -0.2) is 4.98 Å². The highest BCUT2D eigenvalue weighted by Crippen LogP contribution is 2.23. The summed E-state index contributed by atoms with van der Waals surface area (Å²) < 4.78 is 1.73. The van der Waals surface area contributed by atoms with E-state index in [1.807, 2.05) is 30.7 Å². The number of nitrogens with one attached hydrogen (secondary N) is 1. The highest BCUT2D eigenvalue weighted by atomic mass is 32.1. The normalized spacial score (nSPS) is 13.7. The molecular weight excluding hydrogens is 328 g/mol. The van der Waals surface area contributed by atoms with E-state index in [1.165, 1.54) is 5.56 Å². The molecule has 0 fully saturated rings. The molecule has 1 amide bonds. The number of rotatable bonds is 6. The highest BCUT2D eigenvalue weighted by molar-refractivity contribution is 7.09. The Kier molecular flexibility index (Phi) is 4.88. The Hall–Kier alpha value is -1.99. The number of carbonyl (C=O) groups excluding carboxylic acids is 1. The van der Waals surface area contributed by atoms with Crippen molar-refractivity contribution in [2.45, 2.75) is 32.4 Å². The van der Waals surface area contributed by atoms with E-state index in [9.17, 15) is 4.79 Å². The highest BCUT2D eigenvalue weighted by Gasteiger charge is 2.23. The standard InChI is InChI=1S/C16H18N4OS2/c1-11-3-5-18-20(11)12(2)15(21)19-14(16-17-6-8-23-16)9-13-4-7-22-10-13/h3-8,10,12,14H,9H2,1-2H3,(H,19,21)/t12-,14+/m0/s1. The van der Waals surface area contributed by atoms with Gasteiger partial charge in [-0.3, -0.25) is 9.48 Å². The van der Waals surface area contributed by atoms with Crippen LogP contribution in [-0.2, 0) is 11.2 Å². The van der Waals surface area contributed by atoms with Gasteiger partial charge in [0.05, 0.1) is 6.04 Å². The van der Waals surface area contributed by atoms with Crippen LogP contribution in [0.15, 0.2) is 40.7 Å². The lowest BCUT2D eigenvalue weighted by Gasteiger charge is -2.20. The van der Waals surface area contributed by atoms with Crippen molar-refractivity contribution in [1.82, 2.24) is 20.1 Å². The Morgan fingerprint density at radius 1 is 1.35 bits per heavy atom. The molecule has 7 heteroatoms. The average molecular weight is 346 g/mol. The van der Waals surface area contributed by atoms with Crippen molar-refractivity contribution >= 4 is 28.6 Å². The minimum atomic E-state index is -0.352. The second kappa shape index (κ2) is 7.06. The number of nitrogens with zero attached hydrogens (tertiary/aromatic N) is 3. The predicted molar refractivity (Wildman–Crippen MR) is 92.7 cm³/mol. The first-order valence-corrected chi connectivity index (χ1v) is 9.18. The van der Waals surface area contributed by atoms with Crippen molar-refractivity contribution in [2.75, 3.05) is 0 Å². The minimum Gasteiger partial charge on any atom is -0.345 e. The van der Waals surface area contributed by atoms with E-state index in [2.05, 4.69) is 26.8 Å². The number of hydrogen-bond donors (Lipinski definition) is 1. The summed E-state index contributed by atoms with van der Waals surface area (Å²) in [4.78, 5) is 17.0. The van der Waals surface area contributed by atoms with Gasteiger partial charge in [0.25, 0.3) is 0 Å². The molecule has 3 aromatic heterocycles. The van der Waals surface area contributed by atoms with E-state index >= 15 is 0 Å². The van der Waals surface area contributed by atoms with E-state index in [0.717, 1.165) is 17.1 Å². The molecule has 1 N–H and O–H groups in total. The summed E-state index contributed by atoms with van der Waals surface area (Å²) in [5.41, 5.74) is 2.18. The summed E-state index contributed by atoms with van der Waals surface area (Å²) in [6, 6.07) is 3.51. The van der Waals surface area contributed by atoms with Crippen LogP contribution in [0.3, 0.4) is 0 Å². The van der Waals surface area contributed by atoms with Gasteiger partial charge in [-0.15, -0.1) is 11.3 Å². The molecule has 3 rings (SSSR count). The minimum absolute atomic E-state index is 0.0489. The molecule has 120 valence electrons. The van der Waals surface area contributed by atoms with E-state index in [0.29, 0.717) is 0 Å². The Bertz CT molecular complexity index is 749. The maximum absolute atomic E-state index is 12.6. The summed E-state index contributed by atoms with van der Waals surface area (Å²) in [5, 5.41) is 14.4. The Labute approximate surface area is 143 Å². The van der Waals surface area contributed by atoms with E-state index in [1.54, 1.807) is 39.7 Å². The molecule has 0 aliphatic rings. The topological polar surface area (TPSA) is 59.8 Å². The maximum Gasteiger partial charge on any atom is 0.245 e. The number of aromatic nitrogens is 3. The molecule has 0 unspecified atom stereocenters. The molecule has 0 saturated carbocycles. The van der Waals surface area contributed by atoms with E-state index in [-0.39, 0.29) is 18.0 Å². The third-order valence-corrected chi connectivity index (χ3v) is 5.32. The molecule has 0 aliphatic carbocycles. The van der Waals surface area contributed by atoms with Crippen LogP contribution < -0.4 is 5.32 Å². The summed E-state index contributed by atoms with van der Waals surface area (Å²) >= 11 is 3.22. The summed E-state index contributed by atoms with van der Waals surface area (Å²) in [7, 11) is 0. The van der Waals surface area contributed by atoms with Crippen molar-refractivity contribution in [2.24, 2.45) is 0 Å². The lowest BCUT2D eigenvalue weighted by molar-refractivity contribution is -0.125. The van der Waals surface area contributed by atoms with Crippen molar-refractivity contribution in [3.8, 4) is 0 Å². The van der Waals surface area contributed by atoms with Gasteiger partial charge in [0.1, 0.15) is 11.0 Å². The smallest absolute Gasteiger partial charge is 0.245 e. The van der Waals surface area contributed by atoms with Gasteiger partial charge in [0.2, 0.25) is 5.91 Å². The van der Waals surface area contributed by atoms with Gasteiger partial charge < -0.3 is 5.32 Å². The molecule has 0 bridgehead atoms. The Morgan fingerprint density at radius 3 is 2.83 bits per heavy atom. The second-order valence-electron chi connectivity index (χ2n) is 5.36. The first-order valence-electron chi connectivity index (χ1n) is 7.36. The fourth-order valence-electron chi connectivity index (χ4n) is 2.44. The van der Waals surface area contributed by atoms with Gasteiger partial charge in [-0.1, -0.05) is 0 Å². The molecule has 3 aromatic rings. The van der Waals surface area contributed by atoms with Crippen LogP contribution in [0, 0.1) is 6.92 Å². The largest absolute Gasteiger partial charge is 0.345 e. The van der Waals surface area contributed by atoms with Gasteiger partial charge >= 0.3 is 0 Å². The number of aryl methyl sites for hydroxylation is 1. The molecule has 0 aromatic carbocycles. The predicted octanol–water partition coefficient (Wildman–Crippen LogP) is 3.37. The monoisotopic (exact) mass is 346 g/mol. The van der Waals surface area contributed by atoms with E-state index < -0.39 is 0 Å². The van der Waals surface area contributed by atoms with Crippen LogP contribution >= 0.6 is 22.7 Å². The third kappa shape index (κ3) is 3.68. The van der Waals surface area contributed by atoms with Gasteiger partial charge in [0.15, 0.2) is 0 Å². The lowest BCUT2D eigenvalue weighted by atomic mass is 10.1. The molecule has 0 spiro atoms. The molecule has 2 atom stereocenters. The van der Waals surface area contributed by atoms with Crippen LogP contribution in [0.1, 0.15) is 35.3 Å². The van der Waals surface area contributed by atoms with Crippen LogP contribution in [0.4, 0.5) is 0 Å². The number of thiazole rings is 1. The zero-order valence-corrected chi connectivity index (χ0v) is 14.6. The summed E-state index contributed by atoms with van der Waals surface area (Å²) in [6.07, 6.45) is 4.23. The molecular formula is C16H18N4OS2. The third-order valence-electron chi connectivity index (χ3n) is 3.70. The zero-order chi connectivity index (χ0) is 16.2. The van der Waals surface area contributed by atoms with Gasteiger partial charge in [0, 0.05) is 29.9 Å². The fraction of sp³-hybridized carbons (Fsp3) is 0.312. The first kappa shape index (κ1) is 15.9. The number of carbonyl (C=O) groups is 1. The fourth-order valence-corrected chi connectivity index (χ4v) is 3.81. The van der Waals surface area contributed by atoms with E-state index in [4.69, 9.17) is 0 Å². The van der Waals surface area contributed by atoms with Crippen molar-refractivity contribution in [3.63, 3.8) is 0 Å². The van der Waals surface area contributed by atoms with Crippen molar-refractivity contribution in [3.05, 3.63) is 56.9 Å². The van der Waals surface area contributed by atoms with Gasteiger partial charge in [-0.05, 0) is 42.3 Å². The lowest BCUT2D eigenvalue weighted by Crippen LogP contribution is -2.35. The van der Waals surface area contributed by atoms with Crippen molar-refractivity contribution in [1.29, 1.82) is 0 Å². The van der Waals surface area contributed by atoms with Crippen LogP contribution in [0.25, 0.3) is 0 Å². The van der Waals surface area contributed by atoms with Crippen LogP contribution in [-0.4, -0.2) is 20.7 Å². The van der Waals surface area contributed by atoms with Gasteiger partial charge in [-0.2, -0.15) is 16.4 Å². The maximum atomic E-state index is 12.6. The summed E-state index contributed by atoms with van der Waals surface area (Å²) in [6.45, 7) is 3.80. The quantitative estimate of drug-likeness (QED) is 0.744. The van der Waals surface area contributed by atoms with Crippen LogP contribution in [0.5, 0.6) is 0 Å². The Balaban J connectivity index is 1.75. The molecule has 0 aliphatic heterocycles. The molecule has 5 nitrogen and oxygen atoms in total. The number of thiophene rings is 1. The Morgan fingerprint density at radius 2 is 2.22 bits per heavy atom. The molecule has 23 heavy (non-hydrogen) atoms. The molecule has 3 heterocycles. The molecule has 0 radical (unpaired) electrons. The SMILES string of the molecule is Cc1ccnn1[C@@H](C)C(=O)N[C@H](Cc1ccsc1)c1nccs1. The number of amides is 1. The second-order valence-corrected chi connectivity index (χ2v) is 7.07. The van der Waals surface area contributed by atoms with Crippen molar-refractivity contribution < 1.29 is 4.79 Å². The first-order chi connectivity index (χ1) is 11.1. The number of hydrogen-bond acceptors (Lipinski definition) is 5. The average Bonchev–Trinajstić information content (AvgIpc) is 3.28. The summed E-state index contributed by atoms with van der Waals surface area (Å²) in [5.74, 6) is -0.0489.